The quantitative estimate of drug-likeness (QED) is 0.314. The first-order valence-electron chi connectivity index (χ1n) is 11.6. The molecule has 0 fully saturated rings. The summed E-state index contributed by atoms with van der Waals surface area (Å²) in [5.74, 6) is 1.79. The molecule has 1 amide bonds. The number of aromatic nitrogens is 2. The number of anilines is 2. The minimum atomic E-state index is -0.175. The number of amides is 1. The highest BCUT2D eigenvalue weighted by Crippen LogP contribution is 2.28. The summed E-state index contributed by atoms with van der Waals surface area (Å²) in [6.45, 7) is 5.32. The molecule has 0 aliphatic carbocycles. The van der Waals surface area contributed by atoms with Crippen LogP contribution in [0.15, 0.2) is 84.9 Å². The van der Waals surface area contributed by atoms with E-state index in [0.29, 0.717) is 42.6 Å². The Balaban J connectivity index is 1.39. The van der Waals surface area contributed by atoms with Crippen LogP contribution in [0.1, 0.15) is 29.8 Å². The van der Waals surface area contributed by atoms with Crippen molar-refractivity contribution in [3.63, 3.8) is 0 Å². The number of rotatable bonds is 10. The number of hydrogen-bond acceptors (Lipinski definition) is 6. The van der Waals surface area contributed by atoms with Crippen LogP contribution in [0.25, 0.3) is 11.3 Å². The second-order valence-electron chi connectivity index (χ2n) is 7.71. The average molecular weight is 469 g/mol. The highest BCUT2D eigenvalue weighted by molar-refractivity contribution is 5.95. The molecule has 0 aliphatic heterocycles. The Kier molecular flexibility index (Phi) is 7.91. The minimum Gasteiger partial charge on any atom is -0.490 e. The van der Waals surface area contributed by atoms with Gasteiger partial charge in [-0.2, -0.15) is 0 Å². The van der Waals surface area contributed by atoms with E-state index in [0.717, 1.165) is 22.5 Å². The van der Waals surface area contributed by atoms with Crippen LogP contribution >= 0.6 is 0 Å². The Labute approximate surface area is 205 Å². The predicted molar refractivity (Wildman–Crippen MR) is 137 cm³/mol. The summed E-state index contributed by atoms with van der Waals surface area (Å²) in [5, 5.41) is 14.7. The van der Waals surface area contributed by atoms with Crippen molar-refractivity contribution in [2.45, 2.75) is 20.4 Å². The maximum absolute atomic E-state index is 12.8. The summed E-state index contributed by atoms with van der Waals surface area (Å²) in [5.41, 5.74) is 4.02. The number of carbonyl (C=O) groups excluding carboxylic acids is 1. The van der Waals surface area contributed by atoms with E-state index in [1.807, 2.05) is 86.6 Å². The van der Waals surface area contributed by atoms with Crippen LogP contribution in [0, 0.1) is 0 Å². The minimum absolute atomic E-state index is 0.175. The van der Waals surface area contributed by atoms with Gasteiger partial charge in [-0.05, 0) is 61.9 Å². The lowest BCUT2D eigenvalue weighted by Gasteiger charge is -2.13. The molecule has 0 atom stereocenters. The highest BCUT2D eigenvalue weighted by atomic mass is 16.5. The fraction of sp³-hybridized carbons (Fsp3) is 0.179. The molecule has 0 bridgehead atoms. The Morgan fingerprint density at radius 3 is 2.34 bits per heavy atom. The molecule has 7 heteroatoms. The van der Waals surface area contributed by atoms with Crippen LogP contribution in [0.5, 0.6) is 11.5 Å². The number of benzene rings is 3. The van der Waals surface area contributed by atoms with E-state index < -0.39 is 0 Å². The van der Waals surface area contributed by atoms with Crippen LogP contribution in [0.3, 0.4) is 0 Å². The lowest BCUT2D eigenvalue weighted by molar-refractivity contribution is 0.0951. The molecule has 0 radical (unpaired) electrons. The Morgan fingerprint density at radius 2 is 1.60 bits per heavy atom. The van der Waals surface area contributed by atoms with Crippen LogP contribution in [-0.2, 0) is 6.54 Å². The zero-order valence-corrected chi connectivity index (χ0v) is 19.8. The van der Waals surface area contributed by atoms with Gasteiger partial charge < -0.3 is 20.1 Å². The molecule has 0 saturated carbocycles. The Bertz CT molecular complexity index is 1260. The molecule has 0 unspecified atom stereocenters. The zero-order chi connectivity index (χ0) is 24.5. The Hall–Kier alpha value is -4.39. The standard InChI is InChI=1S/C28H28N4O3/c1-3-34-25-15-13-20(17-26(25)35-4-2)19-29-28(33)22-11-8-12-23(18-22)30-27-16-14-24(31-32-27)21-9-6-5-7-10-21/h5-18H,3-4,19H2,1-2H3,(H,29,33)(H,30,32). The van der Waals surface area contributed by atoms with E-state index in [1.54, 1.807) is 12.1 Å². The van der Waals surface area contributed by atoms with Gasteiger partial charge in [0, 0.05) is 23.4 Å². The zero-order valence-electron chi connectivity index (χ0n) is 19.8. The van der Waals surface area contributed by atoms with E-state index in [2.05, 4.69) is 20.8 Å². The van der Waals surface area contributed by atoms with Crippen molar-refractivity contribution in [1.82, 2.24) is 15.5 Å². The van der Waals surface area contributed by atoms with Gasteiger partial charge in [-0.1, -0.05) is 42.5 Å². The molecule has 1 heterocycles. The van der Waals surface area contributed by atoms with Crippen molar-refractivity contribution in [2.24, 2.45) is 0 Å². The molecule has 0 spiro atoms. The van der Waals surface area contributed by atoms with Gasteiger partial charge in [-0.3, -0.25) is 4.79 Å². The van der Waals surface area contributed by atoms with E-state index >= 15 is 0 Å². The van der Waals surface area contributed by atoms with Crippen molar-refractivity contribution >= 4 is 17.4 Å². The van der Waals surface area contributed by atoms with E-state index in [1.165, 1.54) is 0 Å². The van der Waals surface area contributed by atoms with Gasteiger partial charge in [0.25, 0.3) is 5.91 Å². The summed E-state index contributed by atoms with van der Waals surface area (Å²) in [7, 11) is 0. The third-order valence-electron chi connectivity index (χ3n) is 5.19. The van der Waals surface area contributed by atoms with Crippen LogP contribution in [0.2, 0.25) is 0 Å². The average Bonchev–Trinajstić information content (AvgIpc) is 2.90. The Morgan fingerprint density at radius 1 is 0.800 bits per heavy atom. The molecule has 7 nitrogen and oxygen atoms in total. The number of nitrogens with one attached hydrogen (secondary N) is 2. The molecule has 178 valence electrons. The first kappa shape index (κ1) is 23.8. The number of nitrogens with zero attached hydrogens (tertiary/aromatic N) is 2. The van der Waals surface area contributed by atoms with Crippen molar-refractivity contribution in [2.75, 3.05) is 18.5 Å². The third kappa shape index (κ3) is 6.35. The van der Waals surface area contributed by atoms with Gasteiger partial charge in [0.1, 0.15) is 0 Å². The van der Waals surface area contributed by atoms with Gasteiger partial charge >= 0.3 is 0 Å². The van der Waals surface area contributed by atoms with E-state index in [-0.39, 0.29) is 5.91 Å². The molecule has 35 heavy (non-hydrogen) atoms. The maximum atomic E-state index is 12.8. The molecule has 3 aromatic carbocycles. The number of hydrogen-bond donors (Lipinski definition) is 2. The topological polar surface area (TPSA) is 85.4 Å². The molecule has 0 aliphatic rings. The van der Waals surface area contributed by atoms with Crippen LogP contribution in [0.4, 0.5) is 11.5 Å². The number of ether oxygens (including phenoxy) is 2. The molecule has 4 aromatic rings. The fourth-order valence-corrected chi connectivity index (χ4v) is 3.54. The predicted octanol–water partition coefficient (Wildman–Crippen LogP) is 5.61. The first-order valence-corrected chi connectivity index (χ1v) is 11.6. The van der Waals surface area contributed by atoms with Crippen LogP contribution in [-0.4, -0.2) is 29.3 Å². The second-order valence-corrected chi connectivity index (χ2v) is 7.71. The fourth-order valence-electron chi connectivity index (χ4n) is 3.54. The van der Waals surface area contributed by atoms with Crippen molar-refractivity contribution in [3.8, 4) is 22.8 Å². The van der Waals surface area contributed by atoms with Gasteiger partial charge in [-0.25, -0.2) is 0 Å². The summed E-state index contributed by atoms with van der Waals surface area (Å²) in [6, 6.07) is 26.6. The lowest BCUT2D eigenvalue weighted by atomic mass is 10.1. The van der Waals surface area contributed by atoms with E-state index in [9.17, 15) is 4.79 Å². The smallest absolute Gasteiger partial charge is 0.251 e. The monoisotopic (exact) mass is 468 g/mol. The lowest BCUT2D eigenvalue weighted by Crippen LogP contribution is -2.22. The first-order chi connectivity index (χ1) is 17.2. The van der Waals surface area contributed by atoms with Gasteiger partial charge in [-0.15, -0.1) is 10.2 Å². The maximum Gasteiger partial charge on any atom is 0.251 e. The molecule has 1 aromatic heterocycles. The third-order valence-corrected chi connectivity index (χ3v) is 5.19. The van der Waals surface area contributed by atoms with Crippen molar-refractivity contribution < 1.29 is 14.3 Å². The molecule has 0 saturated heterocycles. The van der Waals surface area contributed by atoms with Gasteiger partial charge in [0.15, 0.2) is 17.3 Å². The van der Waals surface area contributed by atoms with Crippen molar-refractivity contribution in [3.05, 3.63) is 96.1 Å². The molecular formula is C28H28N4O3. The van der Waals surface area contributed by atoms with E-state index in [4.69, 9.17) is 9.47 Å². The largest absolute Gasteiger partial charge is 0.490 e. The van der Waals surface area contributed by atoms with Crippen LogP contribution < -0.4 is 20.1 Å². The summed E-state index contributed by atoms with van der Waals surface area (Å²) in [4.78, 5) is 12.8. The number of carbonyl (C=O) groups is 1. The molecule has 4 rings (SSSR count). The highest BCUT2D eigenvalue weighted by Gasteiger charge is 2.10. The second kappa shape index (κ2) is 11.7. The summed E-state index contributed by atoms with van der Waals surface area (Å²) >= 11 is 0. The van der Waals surface area contributed by atoms with Gasteiger partial charge in [0.05, 0.1) is 18.9 Å². The molecular weight excluding hydrogens is 440 g/mol. The molecule has 2 N–H and O–H groups in total. The summed E-state index contributed by atoms with van der Waals surface area (Å²) < 4.78 is 11.3. The normalized spacial score (nSPS) is 10.5. The summed E-state index contributed by atoms with van der Waals surface area (Å²) in [6.07, 6.45) is 0. The van der Waals surface area contributed by atoms with Crippen molar-refractivity contribution in [1.29, 1.82) is 0 Å². The van der Waals surface area contributed by atoms with Gasteiger partial charge in [0.2, 0.25) is 0 Å². The SMILES string of the molecule is CCOc1ccc(CNC(=O)c2cccc(Nc3ccc(-c4ccccc4)nn3)c2)cc1OCC.